The molecular formula is C22H30N2O3S. The van der Waals surface area contributed by atoms with Gasteiger partial charge in [-0.1, -0.05) is 35.9 Å². The molecule has 2 unspecified atom stereocenters. The van der Waals surface area contributed by atoms with Gasteiger partial charge in [0.25, 0.3) is 0 Å². The summed E-state index contributed by atoms with van der Waals surface area (Å²) >= 11 is 0. The normalized spacial score (nSPS) is 13.7. The van der Waals surface area contributed by atoms with E-state index in [9.17, 15) is 13.2 Å². The van der Waals surface area contributed by atoms with Gasteiger partial charge in [0.05, 0.1) is 18.0 Å². The highest BCUT2D eigenvalue weighted by Crippen LogP contribution is 2.27. The van der Waals surface area contributed by atoms with Crippen LogP contribution in [0.25, 0.3) is 0 Å². The highest BCUT2D eigenvalue weighted by atomic mass is 32.2. The van der Waals surface area contributed by atoms with E-state index in [0.717, 1.165) is 34.1 Å². The number of sulfonamides is 1. The zero-order valence-corrected chi connectivity index (χ0v) is 18.5. The molecule has 2 aromatic rings. The van der Waals surface area contributed by atoms with Gasteiger partial charge in [-0.2, -0.15) is 0 Å². The average Bonchev–Trinajstić information content (AvgIpc) is 2.58. The van der Waals surface area contributed by atoms with Crippen molar-refractivity contribution in [1.82, 2.24) is 5.32 Å². The van der Waals surface area contributed by atoms with Gasteiger partial charge >= 0.3 is 0 Å². The first-order valence-electron chi connectivity index (χ1n) is 9.36. The van der Waals surface area contributed by atoms with Crippen LogP contribution in [0.5, 0.6) is 0 Å². The molecule has 0 bridgehead atoms. The van der Waals surface area contributed by atoms with Gasteiger partial charge in [-0.25, -0.2) is 8.42 Å². The topological polar surface area (TPSA) is 66.5 Å². The number of nitrogens with zero attached hydrogens (tertiary/aromatic N) is 1. The number of anilines is 1. The number of aryl methyl sites for hydroxylation is 4. The summed E-state index contributed by atoms with van der Waals surface area (Å²) in [7, 11) is -3.64. The van der Waals surface area contributed by atoms with E-state index in [4.69, 9.17) is 0 Å². The predicted molar refractivity (Wildman–Crippen MR) is 115 cm³/mol. The Kier molecular flexibility index (Phi) is 6.55. The minimum Gasteiger partial charge on any atom is -0.348 e. The van der Waals surface area contributed by atoms with Crippen LogP contribution in [-0.2, 0) is 14.8 Å². The van der Waals surface area contributed by atoms with E-state index in [1.807, 2.05) is 65.0 Å². The molecule has 0 saturated carbocycles. The van der Waals surface area contributed by atoms with Crippen molar-refractivity contribution < 1.29 is 13.2 Å². The van der Waals surface area contributed by atoms with Gasteiger partial charge in [-0.3, -0.25) is 9.10 Å². The first kappa shape index (κ1) is 22.0. The van der Waals surface area contributed by atoms with Crippen molar-refractivity contribution in [3.63, 3.8) is 0 Å². The van der Waals surface area contributed by atoms with E-state index in [0.29, 0.717) is 5.69 Å². The second-order valence-electron chi connectivity index (χ2n) is 7.62. The zero-order chi connectivity index (χ0) is 21.2. The van der Waals surface area contributed by atoms with Crippen LogP contribution >= 0.6 is 0 Å². The minimum atomic E-state index is -3.64. The molecule has 152 valence electrons. The quantitative estimate of drug-likeness (QED) is 0.795. The Morgan fingerprint density at radius 2 is 1.46 bits per heavy atom. The van der Waals surface area contributed by atoms with Crippen molar-refractivity contribution in [2.24, 2.45) is 0 Å². The first-order chi connectivity index (χ1) is 12.9. The molecule has 0 radical (unpaired) electrons. The monoisotopic (exact) mass is 402 g/mol. The van der Waals surface area contributed by atoms with Crippen molar-refractivity contribution >= 4 is 21.6 Å². The summed E-state index contributed by atoms with van der Waals surface area (Å²) in [5.41, 5.74) is 5.50. The molecule has 0 fully saturated rings. The summed E-state index contributed by atoms with van der Waals surface area (Å²) in [6, 6.07) is 10.6. The second-order valence-corrected chi connectivity index (χ2v) is 9.47. The van der Waals surface area contributed by atoms with Crippen LogP contribution in [-0.4, -0.2) is 26.6 Å². The SMILES string of the molecule is Cc1ccc(C)c(C(C)NC(=O)C(C)N(c2cc(C)ccc2C)S(C)(=O)=O)c1. The van der Waals surface area contributed by atoms with Crippen molar-refractivity contribution in [1.29, 1.82) is 0 Å². The summed E-state index contributed by atoms with van der Waals surface area (Å²) in [5, 5.41) is 2.98. The van der Waals surface area contributed by atoms with Gasteiger partial charge in [-0.15, -0.1) is 0 Å². The number of nitrogens with one attached hydrogen (secondary N) is 1. The van der Waals surface area contributed by atoms with Crippen molar-refractivity contribution in [3.05, 3.63) is 64.2 Å². The Bertz CT molecular complexity index is 983. The molecule has 5 nitrogen and oxygen atoms in total. The Labute approximate surface area is 168 Å². The van der Waals surface area contributed by atoms with E-state index < -0.39 is 16.1 Å². The molecule has 0 aliphatic carbocycles. The third-order valence-corrected chi connectivity index (χ3v) is 6.18. The second kappa shape index (κ2) is 8.35. The highest BCUT2D eigenvalue weighted by Gasteiger charge is 2.31. The van der Waals surface area contributed by atoms with Crippen LogP contribution < -0.4 is 9.62 Å². The third-order valence-electron chi connectivity index (χ3n) is 4.95. The van der Waals surface area contributed by atoms with Gasteiger partial charge in [-0.05, 0) is 69.9 Å². The van der Waals surface area contributed by atoms with E-state index in [2.05, 4.69) is 5.32 Å². The number of hydrogen-bond acceptors (Lipinski definition) is 3. The lowest BCUT2D eigenvalue weighted by Crippen LogP contribution is -2.48. The van der Waals surface area contributed by atoms with Crippen LogP contribution in [0, 0.1) is 27.7 Å². The summed E-state index contributed by atoms with van der Waals surface area (Å²) in [4.78, 5) is 13.0. The third kappa shape index (κ3) is 4.93. The minimum absolute atomic E-state index is 0.227. The molecule has 1 amide bonds. The maximum Gasteiger partial charge on any atom is 0.244 e. The summed E-state index contributed by atoms with van der Waals surface area (Å²) in [6.45, 7) is 11.3. The molecule has 0 aliphatic rings. The largest absolute Gasteiger partial charge is 0.348 e. The zero-order valence-electron chi connectivity index (χ0n) is 17.7. The lowest BCUT2D eigenvalue weighted by Gasteiger charge is -2.31. The Morgan fingerprint density at radius 1 is 0.929 bits per heavy atom. The standard InChI is InChI=1S/C22H30N2O3S/c1-14-8-10-16(3)20(12-14)18(5)23-22(25)19(6)24(28(7,26)27)21-13-15(2)9-11-17(21)4/h8-13,18-19H,1-7H3,(H,23,25). The van der Waals surface area contributed by atoms with Crippen LogP contribution in [0.15, 0.2) is 36.4 Å². The molecule has 0 aliphatic heterocycles. The molecule has 0 saturated heterocycles. The van der Waals surface area contributed by atoms with Crippen LogP contribution in [0.4, 0.5) is 5.69 Å². The van der Waals surface area contributed by atoms with E-state index in [1.54, 1.807) is 13.0 Å². The summed E-state index contributed by atoms with van der Waals surface area (Å²) in [6.07, 6.45) is 1.13. The summed E-state index contributed by atoms with van der Waals surface area (Å²) in [5.74, 6) is -0.334. The Balaban J connectivity index is 2.34. The highest BCUT2D eigenvalue weighted by molar-refractivity contribution is 7.92. The molecule has 2 rings (SSSR count). The summed E-state index contributed by atoms with van der Waals surface area (Å²) < 4.78 is 26.3. The molecule has 2 atom stereocenters. The lowest BCUT2D eigenvalue weighted by atomic mass is 10.00. The average molecular weight is 403 g/mol. The molecule has 28 heavy (non-hydrogen) atoms. The molecular weight excluding hydrogens is 372 g/mol. The van der Waals surface area contributed by atoms with Crippen LogP contribution in [0.3, 0.4) is 0 Å². The fourth-order valence-electron chi connectivity index (χ4n) is 3.38. The Morgan fingerprint density at radius 3 is 2.04 bits per heavy atom. The van der Waals surface area contributed by atoms with E-state index in [-0.39, 0.29) is 11.9 Å². The lowest BCUT2D eigenvalue weighted by molar-refractivity contribution is -0.122. The fourth-order valence-corrected chi connectivity index (χ4v) is 4.60. The van der Waals surface area contributed by atoms with Gasteiger partial charge in [0.1, 0.15) is 6.04 Å². The number of benzene rings is 2. The van der Waals surface area contributed by atoms with Crippen LogP contribution in [0.1, 0.15) is 47.7 Å². The molecule has 6 heteroatoms. The van der Waals surface area contributed by atoms with Crippen molar-refractivity contribution in [3.8, 4) is 0 Å². The van der Waals surface area contributed by atoms with Gasteiger partial charge in [0.15, 0.2) is 0 Å². The number of amides is 1. The molecule has 0 aromatic heterocycles. The molecule has 0 spiro atoms. The Hall–Kier alpha value is -2.34. The smallest absolute Gasteiger partial charge is 0.244 e. The first-order valence-corrected chi connectivity index (χ1v) is 11.2. The van der Waals surface area contributed by atoms with E-state index >= 15 is 0 Å². The maximum atomic E-state index is 13.0. The number of hydrogen-bond donors (Lipinski definition) is 1. The van der Waals surface area contributed by atoms with Gasteiger partial charge < -0.3 is 5.32 Å². The molecule has 2 aromatic carbocycles. The van der Waals surface area contributed by atoms with Crippen molar-refractivity contribution in [2.75, 3.05) is 10.6 Å². The predicted octanol–water partition coefficient (Wildman–Crippen LogP) is 3.95. The molecule has 0 heterocycles. The fraction of sp³-hybridized carbons (Fsp3) is 0.409. The van der Waals surface area contributed by atoms with Gasteiger partial charge in [0.2, 0.25) is 15.9 Å². The van der Waals surface area contributed by atoms with Crippen LogP contribution in [0.2, 0.25) is 0 Å². The number of carbonyl (C=O) groups is 1. The maximum absolute atomic E-state index is 13.0. The number of carbonyl (C=O) groups excluding carboxylic acids is 1. The van der Waals surface area contributed by atoms with Crippen molar-refractivity contribution in [2.45, 2.75) is 53.6 Å². The van der Waals surface area contributed by atoms with E-state index in [1.165, 1.54) is 4.31 Å². The van der Waals surface area contributed by atoms with Gasteiger partial charge in [0, 0.05) is 0 Å². The number of rotatable bonds is 6. The molecule has 1 N–H and O–H groups in total.